The number of hydrogen-bond donors (Lipinski definition) is 2. The van der Waals surface area contributed by atoms with Gasteiger partial charge < -0.3 is 20.4 Å². The van der Waals surface area contributed by atoms with Crippen LogP contribution in [0.5, 0.6) is 0 Å². The van der Waals surface area contributed by atoms with Gasteiger partial charge in [-0.1, -0.05) is 48.5 Å². The first-order chi connectivity index (χ1) is 19.2. The SMILES string of the molecule is NC(=O)c1ncc(-n2c3ccccc3c3c(-c4cnc5ccccc5c4)cccc32)cc1NC1CCCOC1. The zero-order chi connectivity index (χ0) is 26.3. The number of para-hydroxylation sites is 2. The minimum atomic E-state index is -0.561. The number of hydrogen-bond acceptors (Lipinski definition) is 5. The largest absolute Gasteiger partial charge is 0.379 e. The molecule has 7 rings (SSSR count). The van der Waals surface area contributed by atoms with E-state index in [9.17, 15) is 4.79 Å². The monoisotopic (exact) mass is 513 g/mol. The molecule has 0 saturated carbocycles. The van der Waals surface area contributed by atoms with Crippen molar-refractivity contribution in [2.24, 2.45) is 5.73 Å². The van der Waals surface area contributed by atoms with Crippen molar-refractivity contribution >= 4 is 44.3 Å². The van der Waals surface area contributed by atoms with Crippen LogP contribution in [0, 0.1) is 0 Å². The Kier molecular flexibility index (Phi) is 5.71. The van der Waals surface area contributed by atoms with Crippen molar-refractivity contribution in [2.45, 2.75) is 18.9 Å². The van der Waals surface area contributed by atoms with Crippen molar-refractivity contribution in [1.82, 2.24) is 14.5 Å². The van der Waals surface area contributed by atoms with Gasteiger partial charge in [0.05, 0.1) is 40.7 Å². The molecule has 0 aliphatic carbocycles. The summed E-state index contributed by atoms with van der Waals surface area (Å²) in [6.45, 7) is 1.34. The second-order valence-electron chi connectivity index (χ2n) is 9.98. The Morgan fingerprint density at radius 2 is 1.79 bits per heavy atom. The van der Waals surface area contributed by atoms with Crippen LogP contribution in [0.15, 0.2) is 91.3 Å². The summed E-state index contributed by atoms with van der Waals surface area (Å²) in [5, 5.41) is 6.84. The summed E-state index contributed by atoms with van der Waals surface area (Å²) in [4.78, 5) is 21.5. The summed E-state index contributed by atoms with van der Waals surface area (Å²) in [6.07, 6.45) is 5.59. The normalized spacial score (nSPS) is 15.6. The molecule has 1 saturated heterocycles. The molecule has 3 aromatic heterocycles. The van der Waals surface area contributed by atoms with E-state index in [1.54, 1.807) is 6.20 Å². The molecule has 7 heteroatoms. The molecule has 1 fully saturated rings. The van der Waals surface area contributed by atoms with Crippen molar-refractivity contribution in [1.29, 1.82) is 0 Å². The molecule has 7 nitrogen and oxygen atoms in total. The third kappa shape index (κ3) is 4.08. The van der Waals surface area contributed by atoms with Gasteiger partial charge in [0.1, 0.15) is 0 Å². The number of fused-ring (bicyclic) bond motifs is 4. The van der Waals surface area contributed by atoms with Crippen molar-refractivity contribution < 1.29 is 9.53 Å². The van der Waals surface area contributed by atoms with E-state index in [1.807, 2.05) is 36.5 Å². The maximum absolute atomic E-state index is 12.3. The predicted molar refractivity (Wildman–Crippen MR) is 155 cm³/mol. The molecule has 6 aromatic rings. The highest BCUT2D eigenvalue weighted by Crippen LogP contribution is 2.39. The Morgan fingerprint density at radius 1 is 0.949 bits per heavy atom. The Bertz CT molecular complexity index is 1870. The van der Waals surface area contributed by atoms with Gasteiger partial charge in [0.2, 0.25) is 0 Å². The van der Waals surface area contributed by atoms with Crippen LogP contribution >= 0.6 is 0 Å². The van der Waals surface area contributed by atoms with Crippen LogP contribution < -0.4 is 11.1 Å². The van der Waals surface area contributed by atoms with E-state index in [-0.39, 0.29) is 11.7 Å². The number of carbonyl (C=O) groups excluding carboxylic acids is 1. The summed E-state index contributed by atoms with van der Waals surface area (Å²) in [7, 11) is 0. The van der Waals surface area contributed by atoms with Gasteiger partial charge >= 0.3 is 0 Å². The van der Waals surface area contributed by atoms with Crippen LogP contribution in [-0.4, -0.2) is 39.7 Å². The van der Waals surface area contributed by atoms with Gasteiger partial charge in [-0.15, -0.1) is 0 Å². The molecule has 1 atom stereocenters. The van der Waals surface area contributed by atoms with E-state index < -0.39 is 5.91 Å². The minimum Gasteiger partial charge on any atom is -0.379 e. The highest BCUT2D eigenvalue weighted by Gasteiger charge is 2.21. The lowest BCUT2D eigenvalue weighted by atomic mass is 9.99. The van der Waals surface area contributed by atoms with E-state index in [0.29, 0.717) is 12.3 Å². The number of rotatable bonds is 5. The Balaban J connectivity index is 1.44. The zero-order valence-corrected chi connectivity index (χ0v) is 21.3. The topological polar surface area (TPSA) is 95.1 Å². The quantitative estimate of drug-likeness (QED) is 0.291. The molecule has 4 heterocycles. The van der Waals surface area contributed by atoms with Crippen molar-refractivity contribution in [2.75, 3.05) is 18.5 Å². The molecular weight excluding hydrogens is 486 g/mol. The Labute approximate surface area is 225 Å². The van der Waals surface area contributed by atoms with Crippen LogP contribution in [0.25, 0.3) is 49.5 Å². The number of aromatic nitrogens is 3. The summed E-state index contributed by atoms with van der Waals surface area (Å²) >= 11 is 0. The first-order valence-electron chi connectivity index (χ1n) is 13.2. The van der Waals surface area contributed by atoms with Crippen LogP contribution in [0.2, 0.25) is 0 Å². The highest BCUT2D eigenvalue weighted by molar-refractivity contribution is 6.16. The number of primary amides is 1. The molecule has 1 unspecified atom stereocenters. The van der Waals surface area contributed by atoms with Gasteiger partial charge in [0.15, 0.2) is 5.69 Å². The first-order valence-corrected chi connectivity index (χ1v) is 13.2. The maximum atomic E-state index is 12.3. The number of nitrogens with zero attached hydrogens (tertiary/aromatic N) is 3. The summed E-state index contributed by atoms with van der Waals surface area (Å²) in [5.41, 5.74) is 12.6. The van der Waals surface area contributed by atoms with Crippen LogP contribution in [0.3, 0.4) is 0 Å². The molecule has 1 aliphatic heterocycles. The number of carbonyl (C=O) groups is 1. The number of nitrogens with two attached hydrogens (primary N) is 1. The van der Waals surface area contributed by atoms with E-state index in [1.165, 1.54) is 0 Å². The lowest BCUT2D eigenvalue weighted by Crippen LogP contribution is -2.31. The number of ether oxygens (including phenoxy) is 1. The standard InChI is InChI=1S/C32H27N5O2/c33-32(38)31-27(36-22-8-6-14-39-19-22)16-23(18-35-31)37-28-12-4-2-9-25(28)30-24(10-5-13-29(30)37)21-15-20-7-1-3-11-26(20)34-17-21/h1-5,7,9-13,15-18,22,36H,6,8,14,19H2,(H2,33,38). The molecule has 0 radical (unpaired) electrons. The third-order valence-electron chi connectivity index (χ3n) is 7.48. The molecule has 0 bridgehead atoms. The zero-order valence-electron chi connectivity index (χ0n) is 21.3. The number of nitrogens with one attached hydrogen (secondary N) is 1. The lowest BCUT2D eigenvalue weighted by molar-refractivity contribution is 0.0874. The second-order valence-corrected chi connectivity index (χ2v) is 9.98. The average molecular weight is 514 g/mol. The summed E-state index contributed by atoms with van der Waals surface area (Å²) in [6, 6.07) is 27.1. The summed E-state index contributed by atoms with van der Waals surface area (Å²) in [5.74, 6) is -0.561. The van der Waals surface area contributed by atoms with Gasteiger partial charge in [-0.2, -0.15) is 0 Å². The van der Waals surface area contributed by atoms with E-state index in [2.05, 4.69) is 63.4 Å². The van der Waals surface area contributed by atoms with Gasteiger partial charge in [-0.25, -0.2) is 4.98 Å². The van der Waals surface area contributed by atoms with E-state index >= 15 is 0 Å². The average Bonchev–Trinajstić information content (AvgIpc) is 3.32. The van der Waals surface area contributed by atoms with Crippen molar-refractivity contribution in [3.05, 3.63) is 97.0 Å². The van der Waals surface area contributed by atoms with Gasteiger partial charge in [0, 0.05) is 40.6 Å². The molecule has 1 aliphatic rings. The molecule has 192 valence electrons. The lowest BCUT2D eigenvalue weighted by Gasteiger charge is -2.25. The van der Waals surface area contributed by atoms with Gasteiger partial charge in [-0.3, -0.25) is 9.78 Å². The molecule has 0 spiro atoms. The Morgan fingerprint density at radius 3 is 2.67 bits per heavy atom. The minimum absolute atomic E-state index is 0.0963. The van der Waals surface area contributed by atoms with Crippen molar-refractivity contribution in [3.63, 3.8) is 0 Å². The molecular formula is C32H27N5O2. The maximum Gasteiger partial charge on any atom is 0.269 e. The Hall–Kier alpha value is -4.75. The highest BCUT2D eigenvalue weighted by atomic mass is 16.5. The number of benzene rings is 3. The fourth-order valence-corrected chi connectivity index (χ4v) is 5.71. The number of anilines is 1. The smallest absolute Gasteiger partial charge is 0.269 e. The summed E-state index contributed by atoms with van der Waals surface area (Å²) < 4.78 is 7.84. The number of amides is 1. The van der Waals surface area contributed by atoms with E-state index in [0.717, 1.165) is 69.0 Å². The van der Waals surface area contributed by atoms with E-state index in [4.69, 9.17) is 15.5 Å². The van der Waals surface area contributed by atoms with Crippen LogP contribution in [0.1, 0.15) is 23.3 Å². The molecule has 1 amide bonds. The number of pyridine rings is 2. The molecule has 3 N–H and O–H groups in total. The molecule has 3 aromatic carbocycles. The van der Waals surface area contributed by atoms with Crippen LogP contribution in [-0.2, 0) is 4.74 Å². The third-order valence-corrected chi connectivity index (χ3v) is 7.48. The fourth-order valence-electron chi connectivity index (χ4n) is 5.71. The molecule has 39 heavy (non-hydrogen) atoms. The van der Waals surface area contributed by atoms with Crippen molar-refractivity contribution in [3.8, 4) is 16.8 Å². The van der Waals surface area contributed by atoms with Gasteiger partial charge in [0.25, 0.3) is 5.91 Å². The fraction of sp³-hybridized carbons (Fsp3) is 0.156. The first kappa shape index (κ1) is 23.4. The van der Waals surface area contributed by atoms with Crippen LogP contribution in [0.4, 0.5) is 5.69 Å². The van der Waals surface area contributed by atoms with Gasteiger partial charge in [-0.05, 0) is 48.7 Å². The predicted octanol–water partition coefficient (Wildman–Crippen LogP) is 6.08. The second kappa shape index (κ2) is 9.53.